The summed E-state index contributed by atoms with van der Waals surface area (Å²) in [6.07, 6.45) is 3.35. The lowest BCUT2D eigenvalue weighted by Crippen LogP contribution is -2.00. The van der Waals surface area contributed by atoms with Gasteiger partial charge in [-0.15, -0.1) is 0 Å². The van der Waals surface area contributed by atoms with Gasteiger partial charge in [-0.25, -0.2) is 4.39 Å². The number of benzene rings is 1. The first-order valence-corrected chi connectivity index (χ1v) is 5.76. The summed E-state index contributed by atoms with van der Waals surface area (Å²) in [6.45, 7) is 0.407. The highest BCUT2D eigenvalue weighted by Crippen LogP contribution is 2.20. The Labute approximate surface area is 106 Å². The first-order valence-electron chi connectivity index (χ1n) is 4.97. The summed E-state index contributed by atoms with van der Waals surface area (Å²) in [5, 5.41) is 12.6. The van der Waals surface area contributed by atoms with Crippen LogP contribution in [0.15, 0.2) is 41.1 Å². The Hall–Kier alpha value is -1.62. The highest BCUT2D eigenvalue weighted by atomic mass is 79.9. The van der Waals surface area contributed by atoms with Crippen molar-refractivity contribution < 1.29 is 9.50 Å². The van der Waals surface area contributed by atoms with Gasteiger partial charge in [0.2, 0.25) is 0 Å². The normalized spacial score (nSPS) is 10.2. The predicted octanol–water partition coefficient (Wildman–Crippen LogP) is 3.30. The largest absolute Gasteiger partial charge is 0.507 e. The first kappa shape index (κ1) is 11.9. The van der Waals surface area contributed by atoms with Gasteiger partial charge in [-0.05, 0) is 28.1 Å². The van der Waals surface area contributed by atoms with Crippen LogP contribution >= 0.6 is 15.9 Å². The number of phenols is 1. The molecule has 0 unspecified atom stereocenters. The van der Waals surface area contributed by atoms with Crippen LogP contribution in [-0.4, -0.2) is 10.1 Å². The van der Waals surface area contributed by atoms with Gasteiger partial charge in [0.25, 0.3) is 0 Å². The van der Waals surface area contributed by atoms with Crippen molar-refractivity contribution in [1.29, 1.82) is 0 Å². The summed E-state index contributed by atoms with van der Waals surface area (Å²) in [5.74, 6) is -0.504. The van der Waals surface area contributed by atoms with E-state index in [2.05, 4.69) is 26.2 Å². The molecule has 0 amide bonds. The number of halogens is 2. The number of nitrogens with zero attached hydrogens (tertiary/aromatic N) is 1. The van der Waals surface area contributed by atoms with E-state index in [0.29, 0.717) is 12.1 Å². The van der Waals surface area contributed by atoms with Gasteiger partial charge in [0, 0.05) is 28.8 Å². The quantitative estimate of drug-likeness (QED) is 0.913. The van der Waals surface area contributed by atoms with Gasteiger partial charge in [-0.3, -0.25) is 4.98 Å². The summed E-state index contributed by atoms with van der Waals surface area (Å²) in [4.78, 5) is 4.00. The van der Waals surface area contributed by atoms with Crippen molar-refractivity contribution in [2.24, 2.45) is 0 Å². The van der Waals surface area contributed by atoms with Gasteiger partial charge in [-0.1, -0.05) is 6.07 Å². The SMILES string of the molecule is Oc1cc(F)ccc1CNc1cncc(Br)c1. The van der Waals surface area contributed by atoms with Crippen LogP contribution in [-0.2, 0) is 6.54 Å². The Morgan fingerprint density at radius 1 is 1.29 bits per heavy atom. The zero-order valence-corrected chi connectivity index (χ0v) is 10.4. The average molecular weight is 297 g/mol. The van der Waals surface area contributed by atoms with Crippen molar-refractivity contribution >= 4 is 21.6 Å². The lowest BCUT2D eigenvalue weighted by molar-refractivity contribution is 0.463. The molecule has 0 bridgehead atoms. The Morgan fingerprint density at radius 2 is 2.12 bits per heavy atom. The van der Waals surface area contributed by atoms with Gasteiger partial charge in [0.05, 0.1) is 11.9 Å². The van der Waals surface area contributed by atoms with Crippen LogP contribution in [0.3, 0.4) is 0 Å². The van der Waals surface area contributed by atoms with Gasteiger partial charge in [0.15, 0.2) is 0 Å². The molecule has 0 saturated heterocycles. The van der Waals surface area contributed by atoms with Gasteiger partial charge >= 0.3 is 0 Å². The topological polar surface area (TPSA) is 45.1 Å². The standard InChI is InChI=1S/C12H10BrFN2O/c13-9-3-11(7-15-6-9)16-5-8-1-2-10(14)4-12(8)17/h1-4,6-7,16-17H,5H2. The van der Waals surface area contributed by atoms with E-state index in [-0.39, 0.29) is 5.75 Å². The summed E-state index contributed by atoms with van der Waals surface area (Å²) in [6, 6.07) is 5.82. The molecular weight excluding hydrogens is 287 g/mol. The molecule has 0 saturated carbocycles. The van der Waals surface area contributed by atoms with Crippen molar-refractivity contribution in [3.8, 4) is 5.75 Å². The maximum absolute atomic E-state index is 12.8. The molecule has 0 aliphatic rings. The fourth-order valence-corrected chi connectivity index (χ4v) is 1.76. The zero-order chi connectivity index (χ0) is 12.3. The van der Waals surface area contributed by atoms with Crippen molar-refractivity contribution in [3.05, 3.63) is 52.5 Å². The summed E-state index contributed by atoms with van der Waals surface area (Å²) >= 11 is 3.31. The second-order valence-corrected chi connectivity index (χ2v) is 4.43. The Morgan fingerprint density at radius 3 is 2.82 bits per heavy atom. The van der Waals surface area contributed by atoms with E-state index in [1.54, 1.807) is 18.5 Å². The van der Waals surface area contributed by atoms with Gasteiger partial charge in [-0.2, -0.15) is 0 Å². The minimum Gasteiger partial charge on any atom is -0.507 e. The molecule has 1 heterocycles. The molecule has 2 aromatic rings. The molecule has 0 aliphatic heterocycles. The van der Waals surface area contributed by atoms with E-state index in [9.17, 15) is 9.50 Å². The Balaban J connectivity index is 2.07. The highest BCUT2D eigenvalue weighted by Gasteiger charge is 2.02. The molecule has 88 valence electrons. The van der Waals surface area contributed by atoms with E-state index in [1.165, 1.54) is 6.07 Å². The fourth-order valence-electron chi connectivity index (χ4n) is 1.39. The van der Waals surface area contributed by atoms with Crippen LogP contribution in [0.2, 0.25) is 0 Å². The average Bonchev–Trinajstić information content (AvgIpc) is 2.28. The smallest absolute Gasteiger partial charge is 0.126 e. The number of anilines is 1. The van der Waals surface area contributed by atoms with Gasteiger partial charge in [0.1, 0.15) is 11.6 Å². The third kappa shape index (κ3) is 3.17. The van der Waals surface area contributed by atoms with E-state index in [0.717, 1.165) is 16.2 Å². The number of nitrogens with one attached hydrogen (secondary N) is 1. The zero-order valence-electron chi connectivity index (χ0n) is 8.82. The molecule has 2 N–H and O–H groups in total. The van der Waals surface area contributed by atoms with Crippen LogP contribution < -0.4 is 5.32 Å². The van der Waals surface area contributed by atoms with Crippen molar-refractivity contribution in [3.63, 3.8) is 0 Å². The molecule has 0 fully saturated rings. The maximum Gasteiger partial charge on any atom is 0.126 e. The van der Waals surface area contributed by atoms with Crippen LogP contribution in [0.25, 0.3) is 0 Å². The summed E-state index contributed by atoms with van der Waals surface area (Å²) in [7, 11) is 0. The van der Waals surface area contributed by atoms with E-state index < -0.39 is 5.82 Å². The summed E-state index contributed by atoms with van der Waals surface area (Å²) in [5.41, 5.74) is 1.45. The second-order valence-electron chi connectivity index (χ2n) is 3.52. The summed E-state index contributed by atoms with van der Waals surface area (Å²) < 4.78 is 13.6. The third-order valence-electron chi connectivity index (χ3n) is 2.24. The number of aromatic nitrogens is 1. The van der Waals surface area contributed by atoms with Crippen LogP contribution in [0.5, 0.6) is 5.75 Å². The Kier molecular flexibility index (Phi) is 3.58. The van der Waals surface area contributed by atoms with Crippen LogP contribution in [0, 0.1) is 5.82 Å². The van der Waals surface area contributed by atoms with Crippen LogP contribution in [0.4, 0.5) is 10.1 Å². The molecular formula is C12H10BrFN2O. The molecule has 3 nitrogen and oxygen atoms in total. The fraction of sp³-hybridized carbons (Fsp3) is 0.0833. The molecule has 5 heteroatoms. The number of phenolic OH excluding ortho intramolecular Hbond substituents is 1. The minimum absolute atomic E-state index is 0.0551. The van der Waals surface area contributed by atoms with E-state index in [1.807, 2.05) is 6.07 Å². The molecule has 0 atom stereocenters. The Bertz CT molecular complexity index is 534. The lowest BCUT2D eigenvalue weighted by Gasteiger charge is -2.08. The molecule has 17 heavy (non-hydrogen) atoms. The number of pyridine rings is 1. The number of hydrogen-bond acceptors (Lipinski definition) is 3. The highest BCUT2D eigenvalue weighted by molar-refractivity contribution is 9.10. The second kappa shape index (κ2) is 5.14. The van der Waals surface area contributed by atoms with Crippen molar-refractivity contribution in [2.75, 3.05) is 5.32 Å². The predicted molar refractivity (Wildman–Crippen MR) is 67.3 cm³/mol. The molecule has 0 spiro atoms. The lowest BCUT2D eigenvalue weighted by atomic mass is 10.2. The van der Waals surface area contributed by atoms with Crippen LogP contribution in [0.1, 0.15) is 5.56 Å². The van der Waals surface area contributed by atoms with Crippen molar-refractivity contribution in [1.82, 2.24) is 4.98 Å². The molecule has 0 aliphatic carbocycles. The monoisotopic (exact) mass is 296 g/mol. The number of hydrogen-bond donors (Lipinski definition) is 2. The third-order valence-corrected chi connectivity index (χ3v) is 2.67. The molecule has 1 aromatic heterocycles. The minimum atomic E-state index is -0.449. The maximum atomic E-state index is 12.8. The van der Waals surface area contributed by atoms with E-state index in [4.69, 9.17) is 0 Å². The number of rotatable bonds is 3. The molecule has 0 radical (unpaired) electrons. The molecule has 2 rings (SSSR count). The van der Waals surface area contributed by atoms with E-state index >= 15 is 0 Å². The molecule has 1 aromatic carbocycles. The number of aromatic hydroxyl groups is 1. The van der Waals surface area contributed by atoms with Gasteiger partial charge < -0.3 is 10.4 Å². The first-order chi connectivity index (χ1) is 8.15. The van der Waals surface area contributed by atoms with Crippen molar-refractivity contribution in [2.45, 2.75) is 6.54 Å².